The maximum absolute atomic E-state index is 5.95. The van der Waals surface area contributed by atoms with Gasteiger partial charge in [0.25, 0.3) is 0 Å². The van der Waals surface area contributed by atoms with Crippen LogP contribution >= 0.6 is 11.6 Å². The van der Waals surface area contributed by atoms with Crippen molar-refractivity contribution in [2.45, 2.75) is 19.3 Å². The van der Waals surface area contributed by atoms with Gasteiger partial charge in [0.05, 0.1) is 5.02 Å². The van der Waals surface area contributed by atoms with Gasteiger partial charge in [0, 0.05) is 19.3 Å². The van der Waals surface area contributed by atoms with Gasteiger partial charge in [0.15, 0.2) is 5.65 Å². The minimum Gasteiger partial charge on any atom is -0.339 e. The van der Waals surface area contributed by atoms with Crippen LogP contribution in [0.4, 0.5) is 5.95 Å². The van der Waals surface area contributed by atoms with Gasteiger partial charge < -0.3 is 10.6 Å². The molecule has 6 heteroatoms. The van der Waals surface area contributed by atoms with Gasteiger partial charge in [-0.25, -0.2) is 4.52 Å². The van der Waals surface area contributed by atoms with E-state index in [-0.39, 0.29) is 0 Å². The summed E-state index contributed by atoms with van der Waals surface area (Å²) in [7, 11) is 0. The van der Waals surface area contributed by atoms with Crippen molar-refractivity contribution in [2.24, 2.45) is 11.7 Å². The van der Waals surface area contributed by atoms with E-state index in [2.05, 4.69) is 15.0 Å². The van der Waals surface area contributed by atoms with Gasteiger partial charge in [-0.1, -0.05) is 11.6 Å². The molecule has 1 saturated heterocycles. The Morgan fingerprint density at radius 2 is 2.11 bits per heavy atom. The van der Waals surface area contributed by atoms with Crippen molar-refractivity contribution in [1.82, 2.24) is 14.6 Å². The van der Waals surface area contributed by atoms with Crippen LogP contribution < -0.4 is 10.6 Å². The molecule has 2 aromatic rings. The van der Waals surface area contributed by atoms with Crippen molar-refractivity contribution < 1.29 is 0 Å². The average Bonchev–Trinajstić information content (AvgIpc) is 2.83. The molecule has 5 nitrogen and oxygen atoms in total. The number of anilines is 1. The summed E-state index contributed by atoms with van der Waals surface area (Å²) in [6.07, 6.45) is 5.26. The van der Waals surface area contributed by atoms with E-state index in [4.69, 9.17) is 17.3 Å². The van der Waals surface area contributed by atoms with Crippen molar-refractivity contribution >= 4 is 23.2 Å². The number of aromatic nitrogens is 3. The lowest BCUT2D eigenvalue weighted by Gasteiger charge is -2.30. The Labute approximate surface area is 117 Å². The van der Waals surface area contributed by atoms with Gasteiger partial charge in [-0.15, -0.1) is 5.10 Å². The Hall–Kier alpha value is -1.33. The molecule has 3 rings (SSSR count). The number of fused-ring (bicyclic) bond motifs is 1. The van der Waals surface area contributed by atoms with Crippen LogP contribution in [0.15, 0.2) is 18.3 Å². The number of pyridine rings is 1. The highest BCUT2D eigenvalue weighted by Crippen LogP contribution is 2.23. The van der Waals surface area contributed by atoms with Crippen molar-refractivity contribution in [3.63, 3.8) is 0 Å². The summed E-state index contributed by atoms with van der Waals surface area (Å²) in [6, 6.07) is 3.73. The van der Waals surface area contributed by atoms with E-state index in [1.807, 2.05) is 12.1 Å². The molecule has 0 saturated carbocycles. The topological polar surface area (TPSA) is 59.5 Å². The molecule has 1 fully saturated rings. The molecule has 102 valence electrons. The molecule has 2 N–H and O–H groups in total. The van der Waals surface area contributed by atoms with E-state index in [1.165, 1.54) is 12.8 Å². The van der Waals surface area contributed by atoms with E-state index in [1.54, 1.807) is 10.7 Å². The van der Waals surface area contributed by atoms with Crippen LogP contribution in [0.2, 0.25) is 5.02 Å². The molecule has 2 aromatic heterocycles. The fourth-order valence-electron chi connectivity index (χ4n) is 2.64. The predicted octanol–water partition coefficient (Wildman–Crippen LogP) is 1.95. The molecule has 0 unspecified atom stereocenters. The van der Waals surface area contributed by atoms with E-state index < -0.39 is 0 Å². The molecule has 0 radical (unpaired) electrons. The summed E-state index contributed by atoms with van der Waals surface area (Å²) in [5, 5.41) is 5.16. The van der Waals surface area contributed by atoms with E-state index in [0.29, 0.717) is 5.02 Å². The molecule has 1 aliphatic rings. The molecule has 0 spiro atoms. The van der Waals surface area contributed by atoms with E-state index in [0.717, 1.165) is 43.6 Å². The zero-order valence-electron chi connectivity index (χ0n) is 10.8. The molecule has 0 aliphatic carbocycles. The van der Waals surface area contributed by atoms with Crippen LogP contribution in [0.3, 0.4) is 0 Å². The second-order valence-electron chi connectivity index (χ2n) is 5.07. The lowest BCUT2D eigenvalue weighted by Crippen LogP contribution is -2.35. The molecular weight excluding hydrogens is 262 g/mol. The van der Waals surface area contributed by atoms with E-state index in [9.17, 15) is 0 Å². The van der Waals surface area contributed by atoms with Gasteiger partial charge in [-0.2, -0.15) is 4.98 Å². The fraction of sp³-hybridized carbons (Fsp3) is 0.538. The van der Waals surface area contributed by atoms with Crippen LogP contribution in [-0.2, 0) is 0 Å². The minimum atomic E-state index is 0.672. The molecule has 0 aromatic carbocycles. The Morgan fingerprint density at radius 1 is 1.32 bits per heavy atom. The van der Waals surface area contributed by atoms with Crippen LogP contribution in [0.25, 0.3) is 5.65 Å². The third-order valence-corrected chi connectivity index (χ3v) is 3.98. The first-order chi connectivity index (χ1) is 9.26. The highest BCUT2D eigenvalue weighted by atomic mass is 35.5. The summed E-state index contributed by atoms with van der Waals surface area (Å²) in [5.41, 5.74) is 6.45. The zero-order valence-corrected chi connectivity index (χ0v) is 11.6. The maximum atomic E-state index is 5.95. The SMILES string of the molecule is NCCC1CCN(c2nc3ccc(Cl)cn3n2)CC1. The number of halogens is 1. The number of rotatable bonds is 3. The van der Waals surface area contributed by atoms with Crippen LogP contribution in [0.1, 0.15) is 19.3 Å². The highest BCUT2D eigenvalue weighted by Gasteiger charge is 2.21. The number of nitrogens with zero attached hydrogens (tertiary/aromatic N) is 4. The van der Waals surface area contributed by atoms with Gasteiger partial charge in [0.1, 0.15) is 0 Å². The summed E-state index contributed by atoms with van der Waals surface area (Å²) >= 11 is 5.95. The normalized spacial score (nSPS) is 17.3. The summed E-state index contributed by atoms with van der Waals surface area (Å²) < 4.78 is 1.74. The summed E-state index contributed by atoms with van der Waals surface area (Å²) in [4.78, 5) is 6.79. The number of nitrogens with two attached hydrogens (primary N) is 1. The molecule has 3 heterocycles. The third-order valence-electron chi connectivity index (χ3n) is 3.76. The van der Waals surface area contributed by atoms with Gasteiger partial charge in [0.2, 0.25) is 5.95 Å². The van der Waals surface area contributed by atoms with Gasteiger partial charge >= 0.3 is 0 Å². The smallest absolute Gasteiger partial charge is 0.245 e. The third kappa shape index (κ3) is 2.67. The maximum Gasteiger partial charge on any atom is 0.245 e. The van der Waals surface area contributed by atoms with Crippen molar-refractivity contribution in [3.8, 4) is 0 Å². The second kappa shape index (κ2) is 5.35. The summed E-state index contributed by atoms with van der Waals surface area (Å²) in [5.74, 6) is 1.56. The number of hydrogen-bond donors (Lipinski definition) is 1. The van der Waals surface area contributed by atoms with Crippen molar-refractivity contribution in [2.75, 3.05) is 24.5 Å². The second-order valence-corrected chi connectivity index (χ2v) is 5.51. The summed E-state index contributed by atoms with van der Waals surface area (Å²) in [6.45, 7) is 2.81. The molecule has 0 atom stereocenters. The quantitative estimate of drug-likeness (QED) is 0.933. The first-order valence-electron chi connectivity index (χ1n) is 6.73. The Balaban J connectivity index is 1.74. The number of hydrogen-bond acceptors (Lipinski definition) is 4. The van der Waals surface area contributed by atoms with Crippen LogP contribution in [0, 0.1) is 5.92 Å². The largest absolute Gasteiger partial charge is 0.339 e. The molecular formula is C13H18ClN5. The minimum absolute atomic E-state index is 0.672. The highest BCUT2D eigenvalue weighted by molar-refractivity contribution is 6.30. The first kappa shape index (κ1) is 12.7. The number of piperidine rings is 1. The lowest BCUT2D eigenvalue weighted by molar-refractivity contribution is 0.384. The fourth-order valence-corrected chi connectivity index (χ4v) is 2.79. The zero-order chi connectivity index (χ0) is 13.2. The van der Waals surface area contributed by atoms with Crippen LogP contribution in [-0.4, -0.2) is 34.2 Å². The average molecular weight is 280 g/mol. The standard InChI is InChI=1S/C13H18ClN5/c14-11-1-2-12-16-13(17-19(12)9-11)18-7-4-10(3-6-15)5-8-18/h1-2,9-10H,3-8,15H2. The van der Waals surface area contributed by atoms with E-state index >= 15 is 0 Å². The van der Waals surface area contributed by atoms with Gasteiger partial charge in [-0.3, -0.25) is 0 Å². The van der Waals surface area contributed by atoms with Gasteiger partial charge in [-0.05, 0) is 43.9 Å². The van der Waals surface area contributed by atoms with Crippen molar-refractivity contribution in [3.05, 3.63) is 23.4 Å². The lowest BCUT2D eigenvalue weighted by atomic mass is 9.94. The molecule has 0 bridgehead atoms. The Bertz CT molecular complexity index is 559. The van der Waals surface area contributed by atoms with Crippen molar-refractivity contribution in [1.29, 1.82) is 0 Å². The Kier molecular flexibility index (Phi) is 3.57. The molecule has 0 amide bonds. The first-order valence-corrected chi connectivity index (χ1v) is 7.11. The monoisotopic (exact) mass is 279 g/mol. The molecule has 19 heavy (non-hydrogen) atoms. The molecule has 1 aliphatic heterocycles. The predicted molar refractivity (Wildman–Crippen MR) is 76.6 cm³/mol. The van der Waals surface area contributed by atoms with Crippen LogP contribution in [0.5, 0.6) is 0 Å². The Morgan fingerprint density at radius 3 is 2.84 bits per heavy atom.